The van der Waals surface area contributed by atoms with Gasteiger partial charge in [0.2, 0.25) is 0 Å². The molecule has 5 nitrogen and oxygen atoms in total. The van der Waals surface area contributed by atoms with Crippen LogP contribution in [-0.2, 0) is 5.60 Å². The maximum atomic E-state index is 11.9. The molecule has 5 heteroatoms. The number of hydrogen-bond acceptors (Lipinski definition) is 3. The summed E-state index contributed by atoms with van der Waals surface area (Å²) in [6, 6.07) is 1.54. The molecule has 0 aliphatic rings. The number of nitrogens with one attached hydrogen (secondary N) is 2. The highest BCUT2D eigenvalue weighted by Crippen LogP contribution is 2.26. The molecule has 2 amide bonds. The summed E-state index contributed by atoms with van der Waals surface area (Å²) in [5.41, 5.74) is -0.480. The Morgan fingerprint density at radius 3 is 2.33 bits per heavy atom. The van der Waals surface area contributed by atoms with Crippen LogP contribution in [0.2, 0.25) is 0 Å². The second kappa shape index (κ2) is 6.10. The van der Waals surface area contributed by atoms with E-state index < -0.39 is 5.60 Å². The quantitative estimate of drug-likeness (QED) is 0.800. The first-order valence-corrected chi connectivity index (χ1v) is 7.28. The molecule has 0 radical (unpaired) electrons. The van der Waals surface area contributed by atoms with Crippen molar-refractivity contribution in [1.29, 1.82) is 0 Å². The molecule has 0 fully saturated rings. The van der Waals surface area contributed by atoms with Gasteiger partial charge in [0.1, 0.15) is 17.1 Å². The molecular weight excluding hydrogens is 268 g/mol. The Morgan fingerprint density at radius 1 is 1.33 bits per heavy atom. The van der Waals surface area contributed by atoms with Crippen LogP contribution < -0.4 is 10.6 Å². The van der Waals surface area contributed by atoms with E-state index in [1.54, 1.807) is 19.9 Å². The minimum Gasteiger partial charge on any atom is -0.466 e. The van der Waals surface area contributed by atoms with Gasteiger partial charge in [0, 0.05) is 11.6 Å². The fraction of sp³-hybridized carbons (Fsp3) is 0.688. The Kier molecular flexibility index (Phi) is 5.10. The highest BCUT2D eigenvalue weighted by molar-refractivity contribution is 5.74. The van der Waals surface area contributed by atoms with E-state index in [-0.39, 0.29) is 24.0 Å². The van der Waals surface area contributed by atoms with Crippen LogP contribution in [-0.4, -0.2) is 23.7 Å². The van der Waals surface area contributed by atoms with Crippen LogP contribution in [0, 0.1) is 19.3 Å². The number of carbonyl (C=O) groups is 1. The highest BCUT2D eigenvalue weighted by atomic mass is 16.3. The van der Waals surface area contributed by atoms with E-state index in [2.05, 4.69) is 31.4 Å². The molecule has 2 unspecified atom stereocenters. The summed E-state index contributed by atoms with van der Waals surface area (Å²) in [4.78, 5) is 11.9. The third-order valence-electron chi connectivity index (χ3n) is 3.86. The lowest BCUT2D eigenvalue weighted by molar-refractivity contribution is 0.0576. The first-order valence-electron chi connectivity index (χ1n) is 7.28. The molecule has 1 aromatic rings. The van der Waals surface area contributed by atoms with Crippen LogP contribution in [0.25, 0.3) is 0 Å². The van der Waals surface area contributed by atoms with Crippen LogP contribution in [0.1, 0.15) is 51.7 Å². The Morgan fingerprint density at radius 2 is 1.90 bits per heavy atom. The summed E-state index contributed by atoms with van der Waals surface area (Å²) >= 11 is 0. The van der Waals surface area contributed by atoms with E-state index in [0.717, 1.165) is 5.76 Å². The van der Waals surface area contributed by atoms with Gasteiger partial charge in [0.25, 0.3) is 0 Å². The minimum atomic E-state index is -1.16. The number of furan rings is 1. The fourth-order valence-electron chi connectivity index (χ4n) is 1.98. The van der Waals surface area contributed by atoms with Crippen LogP contribution in [0.3, 0.4) is 0 Å². The molecule has 0 bridgehead atoms. The van der Waals surface area contributed by atoms with Gasteiger partial charge in [-0.25, -0.2) is 4.79 Å². The predicted molar refractivity (Wildman–Crippen MR) is 83.2 cm³/mol. The van der Waals surface area contributed by atoms with Gasteiger partial charge >= 0.3 is 6.03 Å². The molecule has 21 heavy (non-hydrogen) atoms. The molecule has 0 aliphatic heterocycles. The Bertz CT molecular complexity index is 498. The van der Waals surface area contributed by atoms with Crippen molar-refractivity contribution in [2.45, 2.75) is 60.1 Å². The zero-order chi connectivity index (χ0) is 16.4. The molecule has 1 heterocycles. The van der Waals surface area contributed by atoms with Gasteiger partial charge in [0.15, 0.2) is 0 Å². The summed E-state index contributed by atoms with van der Waals surface area (Å²) in [7, 11) is 0. The van der Waals surface area contributed by atoms with E-state index in [1.807, 2.05) is 13.8 Å². The largest absolute Gasteiger partial charge is 0.466 e. The van der Waals surface area contributed by atoms with E-state index in [9.17, 15) is 9.90 Å². The number of urea groups is 1. The van der Waals surface area contributed by atoms with E-state index in [1.165, 1.54) is 0 Å². The molecule has 1 rings (SSSR count). The van der Waals surface area contributed by atoms with E-state index >= 15 is 0 Å². The molecular formula is C16H28N2O3. The zero-order valence-corrected chi connectivity index (χ0v) is 14.1. The second-order valence-electron chi connectivity index (χ2n) is 7.02. The van der Waals surface area contributed by atoms with Gasteiger partial charge in [-0.15, -0.1) is 0 Å². The van der Waals surface area contributed by atoms with Crippen LogP contribution in [0.15, 0.2) is 10.5 Å². The molecule has 0 saturated heterocycles. The average Bonchev–Trinajstić information content (AvgIpc) is 2.65. The van der Waals surface area contributed by atoms with Crippen molar-refractivity contribution < 1.29 is 14.3 Å². The summed E-state index contributed by atoms with van der Waals surface area (Å²) in [5.74, 6) is 1.41. The van der Waals surface area contributed by atoms with Crippen molar-refractivity contribution in [3.05, 3.63) is 23.2 Å². The smallest absolute Gasteiger partial charge is 0.315 e. The van der Waals surface area contributed by atoms with Gasteiger partial charge in [-0.3, -0.25) is 0 Å². The third-order valence-corrected chi connectivity index (χ3v) is 3.86. The first-order chi connectivity index (χ1) is 9.43. The van der Waals surface area contributed by atoms with Crippen molar-refractivity contribution >= 4 is 6.03 Å². The molecule has 2 atom stereocenters. The van der Waals surface area contributed by atoms with Crippen LogP contribution >= 0.6 is 0 Å². The number of carbonyl (C=O) groups excluding carboxylic acids is 1. The number of amides is 2. The Balaban J connectivity index is 2.62. The summed E-state index contributed by atoms with van der Waals surface area (Å²) < 4.78 is 5.43. The molecule has 0 aliphatic carbocycles. The lowest BCUT2D eigenvalue weighted by Crippen LogP contribution is -2.49. The maximum absolute atomic E-state index is 11.9. The normalized spacial score (nSPS) is 16.2. The standard InChI is InChI=1S/C16H28N2O3/c1-10-8-13(11(2)21-10)16(7,20)9-17-14(19)18-12(3)15(4,5)6/h8,12,20H,9H2,1-7H3,(H2,17,18,19). The average molecular weight is 296 g/mol. The van der Waals surface area contributed by atoms with E-state index in [4.69, 9.17) is 4.42 Å². The topological polar surface area (TPSA) is 74.5 Å². The van der Waals surface area contributed by atoms with Crippen molar-refractivity contribution in [3.8, 4) is 0 Å². The van der Waals surface area contributed by atoms with Crippen molar-refractivity contribution in [3.63, 3.8) is 0 Å². The summed E-state index contributed by atoms with van der Waals surface area (Å²) in [5, 5.41) is 16.1. The van der Waals surface area contributed by atoms with Crippen LogP contribution in [0.5, 0.6) is 0 Å². The Hall–Kier alpha value is -1.49. The second-order valence-corrected chi connectivity index (χ2v) is 7.02. The SMILES string of the molecule is Cc1cc(C(C)(O)CNC(=O)NC(C)C(C)(C)C)c(C)o1. The van der Waals surface area contributed by atoms with Gasteiger partial charge in [-0.1, -0.05) is 20.8 Å². The first kappa shape index (κ1) is 17.6. The van der Waals surface area contributed by atoms with Gasteiger partial charge in [-0.05, 0) is 39.2 Å². The van der Waals surface area contributed by atoms with Crippen molar-refractivity contribution in [2.24, 2.45) is 5.41 Å². The van der Waals surface area contributed by atoms with Crippen molar-refractivity contribution in [1.82, 2.24) is 10.6 Å². The van der Waals surface area contributed by atoms with Crippen molar-refractivity contribution in [2.75, 3.05) is 6.54 Å². The molecule has 3 N–H and O–H groups in total. The van der Waals surface area contributed by atoms with Gasteiger partial charge < -0.3 is 20.2 Å². The third kappa shape index (κ3) is 4.77. The molecule has 1 aromatic heterocycles. The van der Waals surface area contributed by atoms with Crippen LogP contribution in [0.4, 0.5) is 4.79 Å². The zero-order valence-electron chi connectivity index (χ0n) is 14.1. The molecule has 0 saturated carbocycles. The number of aliphatic hydroxyl groups is 1. The summed E-state index contributed by atoms with van der Waals surface area (Å²) in [6.07, 6.45) is 0. The number of rotatable bonds is 4. The van der Waals surface area contributed by atoms with Gasteiger partial charge in [0.05, 0.1) is 6.54 Å². The molecule has 120 valence electrons. The molecule has 0 aromatic carbocycles. The number of aryl methyl sites for hydroxylation is 2. The highest BCUT2D eigenvalue weighted by Gasteiger charge is 2.29. The monoisotopic (exact) mass is 296 g/mol. The van der Waals surface area contributed by atoms with E-state index in [0.29, 0.717) is 11.3 Å². The fourth-order valence-corrected chi connectivity index (χ4v) is 1.98. The summed E-state index contributed by atoms with van der Waals surface area (Å²) in [6.45, 7) is 13.6. The minimum absolute atomic E-state index is 0.0158. The molecule has 0 spiro atoms. The predicted octanol–water partition coefficient (Wildman–Crippen LogP) is 2.84. The Labute approximate surface area is 127 Å². The maximum Gasteiger partial charge on any atom is 0.315 e. The lowest BCUT2D eigenvalue weighted by Gasteiger charge is -2.29. The lowest BCUT2D eigenvalue weighted by atomic mass is 9.88. The number of hydrogen-bond donors (Lipinski definition) is 3. The van der Waals surface area contributed by atoms with Gasteiger partial charge in [-0.2, -0.15) is 0 Å².